The summed E-state index contributed by atoms with van der Waals surface area (Å²) in [5, 5.41) is 3.90. The molecule has 6 heteroatoms. The molecule has 0 aliphatic heterocycles. The number of carbonyl (C=O) groups excluding carboxylic acids is 1. The van der Waals surface area contributed by atoms with Crippen LogP contribution in [-0.4, -0.2) is 29.0 Å². The molecule has 0 fully saturated rings. The number of H-pyrrole nitrogens is 1. The zero-order valence-electron chi connectivity index (χ0n) is 17.0. The first-order valence-corrected chi connectivity index (χ1v) is 10.2. The number of aryl methyl sites for hydroxylation is 1. The molecule has 2 aromatic carbocycles. The molecule has 1 amide bonds. The number of rotatable bonds is 8. The number of pyridine rings is 1. The van der Waals surface area contributed by atoms with Crippen molar-refractivity contribution in [3.8, 4) is 17.0 Å². The topological polar surface area (TPSA) is 70.9 Å². The molecule has 0 aliphatic carbocycles. The van der Waals surface area contributed by atoms with Gasteiger partial charge in [-0.25, -0.2) is 9.55 Å². The maximum Gasteiger partial charge on any atom is 0.252 e. The van der Waals surface area contributed by atoms with Crippen molar-refractivity contribution in [1.82, 2.24) is 15.3 Å². The number of carbonyl (C=O) groups is 1. The molecule has 30 heavy (non-hydrogen) atoms. The number of amides is 1. The van der Waals surface area contributed by atoms with Gasteiger partial charge in [-0.1, -0.05) is 18.2 Å². The van der Waals surface area contributed by atoms with E-state index in [0.717, 1.165) is 40.9 Å². The van der Waals surface area contributed by atoms with Crippen LogP contribution in [0.15, 0.2) is 73.3 Å². The number of aromatic nitrogens is 3. The van der Waals surface area contributed by atoms with Gasteiger partial charge in [0, 0.05) is 23.9 Å². The van der Waals surface area contributed by atoms with E-state index < -0.39 is 0 Å². The Morgan fingerprint density at radius 3 is 2.77 bits per heavy atom. The van der Waals surface area contributed by atoms with Crippen LogP contribution in [0.2, 0.25) is 0 Å². The Bertz CT molecular complexity index is 1120. The summed E-state index contributed by atoms with van der Waals surface area (Å²) in [6.07, 6.45) is 6.61. The van der Waals surface area contributed by atoms with Crippen LogP contribution < -0.4 is 14.6 Å². The average molecular weight is 401 g/mol. The molecule has 6 nitrogen and oxygen atoms in total. The summed E-state index contributed by atoms with van der Waals surface area (Å²) in [7, 11) is 0. The van der Waals surface area contributed by atoms with Gasteiger partial charge in [-0.3, -0.25) is 9.78 Å². The summed E-state index contributed by atoms with van der Waals surface area (Å²) < 4.78 is 7.58. The largest absolute Gasteiger partial charge is 0.494 e. The zero-order chi connectivity index (χ0) is 20.8. The lowest BCUT2D eigenvalue weighted by molar-refractivity contribution is -0.695. The third-order valence-corrected chi connectivity index (χ3v) is 4.90. The van der Waals surface area contributed by atoms with E-state index in [1.165, 1.54) is 0 Å². The highest BCUT2D eigenvalue weighted by Crippen LogP contribution is 2.26. The van der Waals surface area contributed by atoms with Crippen molar-refractivity contribution in [3.05, 3.63) is 78.9 Å². The van der Waals surface area contributed by atoms with Gasteiger partial charge in [-0.15, -0.1) is 0 Å². The van der Waals surface area contributed by atoms with Gasteiger partial charge in [0.05, 0.1) is 29.9 Å². The first-order chi connectivity index (χ1) is 14.7. The Balaban J connectivity index is 1.55. The van der Waals surface area contributed by atoms with Crippen LogP contribution in [0.5, 0.6) is 5.75 Å². The molecular weight excluding hydrogens is 376 g/mol. The molecule has 0 saturated carbocycles. The molecule has 0 aliphatic rings. The summed E-state index contributed by atoms with van der Waals surface area (Å²) >= 11 is 0. The Morgan fingerprint density at radius 1 is 1.17 bits per heavy atom. The van der Waals surface area contributed by atoms with Crippen molar-refractivity contribution in [2.75, 3.05) is 13.2 Å². The monoisotopic (exact) mass is 401 g/mol. The summed E-state index contributed by atoms with van der Waals surface area (Å²) in [6.45, 7) is 4.03. The van der Waals surface area contributed by atoms with Crippen LogP contribution in [0.3, 0.4) is 0 Å². The lowest BCUT2D eigenvalue weighted by Gasteiger charge is -2.11. The molecule has 152 valence electrons. The maximum atomic E-state index is 13.0. The number of benzene rings is 2. The molecule has 2 N–H and O–H groups in total. The molecule has 2 aromatic heterocycles. The van der Waals surface area contributed by atoms with E-state index in [0.29, 0.717) is 18.7 Å². The molecule has 4 rings (SSSR count). The van der Waals surface area contributed by atoms with Gasteiger partial charge in [0.25, 0.3) is 5.91 Å². The lowest BCUT2D eigenvalue weighted by atomic mass is 10.0. The normalized spacial score (nSPS) is 10.8. The van der Waals surface area contributed by atoms with E-state index in [1.807, 2.05) is 80.2 Å². The first kappa shape index (κ1) is 19.6. The highest BCUT2D eigenvalue weighted by Gasteiger charge is 2.14. The van der Waals surface area contributed by atoms with E-state index >= 15 is 0 Å². The summed E-state index contributed by atoms with van der Waals surface area (Å²) in [4.78, 5) is 20.8. The van der Waals surface area contributed by atoms with Crippen LogP contribution in [0, 0.1) is 0 Å². The summed E-state index contributed by atoms with van der Waals surface area (Å²) in [5.41, 5.74) is 3.16. The van der Waals surface area contributed by atoms with Crippen molar-refractivity contribution in [2.24, 2.45) is 0 Å². The van der Waals surface area contributed by atoms with Crippen molar-refractivity contribution in [2.45, 2.75) is 19.9 Å². The summed E-state index contributed by atoms with van der Waals surface area (Å²) in [6, 6.07) is 17.4. The Morgan fingerprint density at radius 2 is 2.00 bits per heavy atom. The van der Waals surface area contributed by atoms with Crippen molar-refractivity contribution in [3.63, 3.8) is 0 Å². The molecule has 0 saturated heterocycles. The Kier molecular flexibility index (Phi) is 6.03. The SMILES string of the molecule is CCOc1ccc(-c2cc(C(=O)NCCC[n+]3cc[nH]c3)c3ccccc3n2)cc1. The number of nitrogens with one attached hydrogen (secondary N) is 2. The highest BCUT2D eigenvalue weighted by molar-refractivity contribution is 6.07. The average Bonchev–Trinajstić information content (AvgIpc) is 3.30. The van der Waals surface area contributed by atoms with Crippen LogP contribution in [0.4, 0.5) is 0 Å². The number of nitrogens with zero attached hydrogens (tertiary/aromatic N) is 2. The molecule has 0 bridgehead atoms. The fourth-order valence-corrected chi connectivity index (χ4v) is 3.42. The van der Waals surface area contributed by atoms with E-state index in [4.69, 9.17) is 9.72 Å². The van der Waals surface area contributed by atoms with Gasteiger partial charge < -0.3 is 10.1 Å². The third-order valence-electron chi connectivity index (χ3n) is 4.90. The fraction of sp³-hybridized carbons (Fsp3) is 0.208. The molecule has 4 aromatic rings. The van der Waals surface area contributed by atoms with Gasteiger partial charge in [0.15, 0.2) is 0 Å². The number of aromatic amines is 1. The minimum absolute atomic E-state index is 0.0835. The number of ether oxygens (including phenoxy) is 1. The number of para-hydroxylation sites is 1. The van der Waals surface area contributed by atoms with Gasteiger partial charge in [0.1, 0.15) is 18.1 Å². The second-order valence-corrected chi connectivity index (χ2v) is 6.99. The van der Waals surface area contributed by atoms with E-state index in [9.17, 15) is 4.79 Å². The van der Waals surface area contributed by atoms with Gasteiger partial charge >= 0.3 is 0 Å². The lowest BCUT2D eigenvalue weighted by Crippen LogP contribution is -2.33. The van der Waals surface area contributed by atoms with E-state index in [1.54, 1.807) is 0 Å². The molecule has 0 unspecified atom stereocenters. The molecule has 0 radical (unpaired) electrons. The van der Waals surface area contributed by atoms with Gasteiger partial charge in [-0.2, -0.15) is 0 Å². The standard InChI is InChI=1S/C24H24N4O2/c1-2-30-19-10-8-18(9-11-19)23-16-21(20-6-3-4-7-22(20)27-23)24(29)26-12-5-14-28-15-13-25-17-28/h3-4,6-11,13,15-17H,2,5,12,14H2,1H3,(H,26,29)/p+1. The van der Waals surface area contributed by atoms with Crippen LogP contribution in [-0.2, 0) is 6.54 Å². The Hall–Kier alpha value is -3.67. The second kappa shape index (κ2) is 9.22. The third kappa shape index (κ3) is 4.49. The van der Waals surface area contributed by atoms with Crippen molar-refractivity contribution < 1.29 is 14.1 Å². The fourth-order valence-electron chi connectivity index (χ4n) is 3.42. The first-order valence-electron chi connectivity index (χ1n) is 10.2. The van der Waals surface area contributed by atoms with Gasteiger partial charge in [0.2, 0.25) is 6.33 Å². The van der Waals surface area contributed by atoms with Crippen molar-refractivity contribution in [1.29, 1.82) is 0 Å². The van der Waals surface area contributed by atoms with Crippen LogP contribution >= 0.6 is 0 Å². The smallest absolute Gasteiger partial charge is 0.252 e. The molecule has 2 heterocycles. The molecule has 0 atom stereocenters. The number of fused-ring (bicyclic) bond motifs is 1. The zero-order valence-corrected chi connectivity index (χ0v) is 17.0. The van der Waals surface area contributed by atoms with Crippen LogP contribution in [0.25, 0.3) is 22.2 Å². The predicted octanol–water partition coefficient (Wildman–Crippen LogP) is 3.74. The van der Waals surface area contributed by atoms with Gasteiger partial charge in [-0.05, 0) is 43.3 Å². The van der Waals surface area contributed by atoms with E-state index in [-0.39, 0.29) is 5.91 Å². The van der Waals surface area contributed by atoms with Crippen molar-refractivity contribution >= 4 is 16.8 Å². The summed E-state index contributed by atoms with van der Waals surface area (Å²) in [5.74, 6) is 0.736. The highest BCUT2D eigenvalue weighted by atomic mass is 16.5. The maximum absolute atomic E-state index is 13.0. The van der Waals surface area contributed by atoms with Crippen LogP contribution in [0.1, 0.15) is 23.7 Å². The number of imidazole rings is 1. The minimum Gasteiger partial charge on any atom is -0.494 e. The second-order valence-electron chi connectivity index (χ2n) is 6.99. The van der Waals surface area contributed by atoms with E-state index in [2.05, 4.69) is 14.9 Å². The molecule has 0 spiro atoms. The number of hydrogen-bond donors (Lipinski definition) is 2. The quantitative estimate of drug-likeness (QED) is 0.349. The molecular formula is C24H25N4O2+. The Labute approximate surface area is 175 Å². The minimum atomic E-state index is -0.0835. The predicted molar refractivity (Wildman–Crippen MR) is 116 cm³/mol. The number of hydrogen-bond acceptors (Lipinski definition) is 3.